The number of anilines is 1. The molecule has 0 spiro atoms. The summed E-state index contributed by atoms with van der Waals surface area (Å²) in [6.07, 6.45) is 2.04. The van der Waals surface area contributed by atoms with Crippen LogP contribution in [0, 0.1) is 5.92 Å². The molecule has 2 amide bonds. The van der Waals surface area contributed by atoms with Crippen LogP contribution in [0.5, 0.6) is 0 Å². The molecule has 1 saturated heterocycles. The van der Waals surface area contributed by atoms with E-state index in [2.05, 4.69) is 12.2 Å². The summed E-state index contributed by atoms with van der Waals surface area (Å²) in [5, 5.41) is 12.1. The van der Waals surface area contributed by atoms with Gasteiger partial charge >= 0.3 is 12.0 Å². The first kappa shape index (κ1) is 14.7. The van der Waals surface area contributed by atoms with Crippen LogP contribution < -0.4 is 5.32 Å². The summed E-state index contributed by atoms with van der Waals surface area (Å²) in [7, 11) is 0. The summed E-state index contributed by atoms with van der Waals surface area (Å²) in [5.74, 6) is -0.583. The number of carboxylic acids is 1. The van der Waals surface area contributed by atoms with E-state index in [1.165, 1.54) is 12.1 Å². The molecule has 0 aliphatic carbocycles. The van der Waals surface area contributed by atoms with Crippen molar-refractivity contribution >= 4 is 29.3 Å². The Balaban J connectivity index is 2.10. The van der Waals surface area contributed by atoms with E-state index in [4.69, 9.17) is 16.7 Å². The van der Waals surface area contributed by atoms with Crippen LogP contribution in [-0.2, 0) is 0 Å². The average Bonchev–Trinajstić information content (AvgIpc) is 2.89. The van der Waals surface area contributed by atoms with Crippen molar-refractivity contribution in [3.63, 3.8) is 0 Å². The highest BCUT2D eigenvalue weighted by atomic mass is 35.5. The van der Waals surface area contributed by atoms with Gasteiger partial charge in [-0.05, 0) is 30.5 Å². The van der Waals surface area contributed by atoms with E-state index in [1.54, 1.807) is 11.0 Å². The van der Waals surface area contributed by atoms with Gasteiger partial charge in [0.25, 0.3) is 0 Å². The smallest absolute Gasteiger partial charge is 0.337 e. The van der Waals surface area contributed by atoms with Gasteiger partial charge in [-0.2, -0.15) is 0 Å². The van der Waals surface area contributed by atoms with Crippen LogP contribution >= 0.6 is 11.6 Å². The SMILES string of the molecule is CCC1CCN(C(=O)Nc2ccc(Cl)cc2C(=O)O)C1. The molecule has 1 atom stereocenters. The quantitative estimate of drug-likeness (QED) is 0.899. The largest absolute Gasteiger partial charge is 0.478 e. The number of carboxylic acid groups (broad SMARTS) is 1. The van der Waals surface area contributed by atoms with E-state index in [1.807, 2.05) is 0 Å². The maximum absolute atomic E-state index is 12.1. The Morgan fingerprint density at radius 2 is 2.25 bits per heavy atom. The Kier molecular flexibility index (Phi) is 4.49. The number of nitrogens with zero attached hydrogens (tertiary/aromatic N) is 1. The highest BCUT2D eigenvalue weighted by Crippen LogP contribution is 2.23. The summed E-state index contributed by atoms with van der Waals surface area (Å²) in [4.78, 5) is 25.0. The van der Waals surface area contributed by atoms with Gasteiger partial charge in [-0.15, -0.1) is 0 Å². The van der Waals surface area contributed by atoms with Crippen LogP contribution in [0.3, 0.4) is 0 Å². The third-order valence-corrected chi connectivity index (χ3v) is 3.84. The summed E-state index contributed by atoms with van der Waals surface area (Å²) in [5.41, 5.74) is 0.268. The fraction of sp³-hybridized carbons (Fsp3) is 0.429. The van der Waals surface area contributed by atoms with Crippen molar-refractivity contribution in [2.75, 3.05) is 18.4 Å². The van der Waals surface area contributed by atoms with Crippen molar-refractivity contribution in [3.05, 3.63) is 28.8 Å². The Morgan fingerprint density at radius 3 is 2.85 bits per heavy atom. The lowest BCUT2D eigenvalue weighted by Gasteiger charge is -2.18. The average molecular weight is 297 g/mol. The predicted molar refractivity (Wildman–Crippen MR) is 77.4 cm³/mol. The van der Waals surface area contributed by atoms with Gasteiger partial charge in [-0.3, -0.25) is 0 Å². The van der Waals surface area contributed by atoms with Crippen LogP contribution in [0.15, 0.2) is 18.2 Å². The van der Waals surface area contributed by atoms with Crippen molar-refractivity contribution in [3.8, 4) is 0 Å². The third-order valence-electron chi connectivity index (χ3n) is 3.60. The van der Waals surface area contributed by atoms with Crippen molar-refractivity contribution in [2.45, 2.75) is 19.8 Å². The fourth-order valence-corrected chi connectivity index (χ4v) is 2.52. The topological polar surface area (TPSA) is 69.6 Å². The minimum absolute atomic E-state index is 0.00270. The van der Waals surface area contributed by atoms with Gasteiger partial charge in [-0.1, -0.05) is 24.9 Å². The second-order valence-corrected chi connectivity index (χ2v) is 5.37. The summed E-state index contributed by atoms with van der Waals surface area (Å²) in [6, 6.07) is 4.14. The number of benzene rings is 1. The number of amides is 2. The second-order valence-electron chi connectivity index (χ2n) is 4.93. The first-order valence-corrected chi connectivity index (χ1v) is 6.97. The zero-order valence-electron chi connectivity index (χ0n) is 11.2. The zero-order chi connectivity index (χ0) is 14.7. The van der Waals surface area contributed by atoms with Gasteiger partial charge in [0.05, 0.1) is 11.3 Å². The monoisotopic (exact) mass is 296 g/mol. The second kappa shape index (κ2) is 6.13. The number of likely N-dealkylation sites (tertiary alicyclic amines) is 1. The van der Waals surface area contributed by atoms with Crippen molar-refractivity contribution < 1.29 is 14.7 Å². The molecule has 108 valence electrons. The minimum atomic E-state index is -1.12. The molecule has 2 rings (SSSR count). The molecule has 2 N–H and O–H groups in total. The molecule has 1 unspecified atom stereocenters. The molecule has 0 aromatic heterocycles. The third kappa shape index (κ3) is 3.22. The number of urea groups is 1. The normalized spacial score (nSPS) is 18.1. The zero-order valence-corrected chi connectivity index (χ0v) is 12.0. The highest BCUT2D eigenvalue weighted by Gasteiger charge is 2.25. The molecule has 0 bridgehead atoms. The Hall–Kier alpha value is -1.75. The Bertz CT molecular complexity index is 533. The lowest BCUT2D eigenvalue weighted by molar-refractivity contribution is 0.0698. The number of hydrogen-bond acceptors (Lipinski definition) is 2. The fourth-order valence-electron chi connectivity index (χ4n) is 2.35. The van der Waals surface area contributed by atoms with Crippen molar-refractivity contribution in [1.82, 2.24) is 4.90 Å². The molecule has 1 aliphatic heterocycles. The van der Waals surface area contributed by atoms with E-state index >= 15 is 0 Å². The maximum atomic E-state index is 12.1. The van der Waals surface area contributed by atoms with Crippen LogP contribution in [0.25, 0.3) is 0 Å². The van der Waals surface area contributed by atoms with E-state index < -0.39 is 5.97 Å². The molecule has 0 radical (unpaired) electrons. The van der Waals surface area contributed by atoms with Crippen LogP contribution in [-0.4, -0.2) is 35.1 Å². The molecule has 5 nitrogen and oxygen atoms in total. The molecule has 1 fully saturated rings. The lowest BCUT2D eigenvalue weighted by atomic mass is 10.1. The van der Waals surface area contributed by atoms with Gasteiger partial charge in [0, 0.05) is 18.1 Å². The van der Waals surface area contributed by atoms with Gasteiger partial charge < -0.3 is 15.3 Å². The number of hydrogen-bond donors (Lipinski definition) is 2. The molecule has 1 aromatic carbocycles. The number of halogens is 1. The van der Waals surface area contributed by atoms with Gasteiger partial charge in [-0.25, -0.2) is 9.59 Å². The predicted octanol–water partition coefficient (Wildman–Crippen LogP) is 3.30. The Labute approximate surface area is 122 Å². The van der Waals surface area contributed by atoms with E-state index in [9.17, 15) is 9.59 Å². The van der Waals surface area contributed by atoms with Gasteiger partial charge in [0.15, 0.2) is 0 Å². The number of aromatic carboxylic acids is 1. The first-order chi connectivity index (χ1) is 9.51. The van der Waals surface area contributed by atoms with E-state index in [-0.39, 0.29) is 17.3 Å². The number of nitrogens with one attached hydrogen (secondary N) is 1. The van der Waals surface area contributed by atoms with Crippen LogP contribution in [0.2, 0.25) is 5.02 Å². The Morgan fingerprint density at radius 1 is 1.50 bits per heavy atom. The first-order valence-electron chi connectivity index (χ1n) is 6.60. The summed E-state index contributed by atoms with van der Waals surface area (Å²) >= 11 is 5.78. The van der Waals surface area contributed by atoms with E-state index in [0.29, 0.717) is 17.5 Å². The molecular weight excluding hydrogens is 280 g/mol. The summed E-state index contributed by atoms with van der Waals surface area (Å²) < 4.78 is 0. The number of carbonyl (C=O) groups excluding carboxylic acids is 1. The van der Waals surface area contributed by atoms with E-state index in [0.717, 1.165) is 19.4 Å². The lowest BCUT2D eigenvalue weighted by Crippen LogP contribution is -2.33. The molecule has 1 aliphatic rings. The van der Waals surface area contributed by atoms with Crippen molar-refractivity contribution in [1.29, 1.82) is 0 Å². The molecule has 1 aromatic rings. The van der Waals surface area contributed by atoms with Gasteiger partial charge in [0.2, 0.25) is 0 Å². The summed E-state index contributed by atoms with van der Waals surface area (Å²) in [6.45, 7) is 3.53. The minimum Gasteiger partial charge on any atom is -0.478 e. The number of rotatable bonds is 3. The molecule has 1 heterocycles. The van der Waals surface area contributed by atoms with Crippen LogP contribution in [0.4, 0.5) is 10.5 Å². The maximum Gasteiger partial charge on any atom is 0.337 e. The van der Waals surface area contributed by atoms with Crippen molar-refractivity contribution in [2.24, 2.45) is 5.92 Å². The molecule has 20 heavy (non-hydrogen) atoms. The standard InChI is InChI=1S/C14H17ClN2O3/c1-2-9-5-6-17(8-9)14(20)16-12-4-3-10(15)7-11(12)13(18)19/h3-4,7,9H,2,5-6,8H2,1H3,(H,16,20)(H,18,19). The molecule has 6 heteroatoms. The molecule has 0 saturated carbocycles. The number of carbonyl (C=O) groups is 2. The highest BCUT2D eigenvalue weighted by molar-refractivity contribution is 6.31. The molecular formula is C14H17ClN2O3. The van der Waals surface area contributed by atoms with Crippen LogP contribution in [0.1, 0.15) is 30.1 Å². The van der Waals surface area contributed by atoms with Gasteiger partial charge in [0.1, 0.15) is 0 Å².